The molecule has 1 amide bonds. The van der Waals surface area contributed by atoms with Gasteiger partial charge in [0.1, 0.15) is 22.9 Å². The Morgan fingerprint density at radius 1 is 1.16 bits per heavy atom. The number of nitrogens with one attached hydrogen (secondary N) is 1. The molecule has 0 spiro atoms. The maximum Gasteiger partial charge on any atom is 0.273 e. The monoisotopic (exact) mass is 433 g/mol. The standard InChI is InChI=1S/C26H31N3O3/c1-5-7-12-32-19-10-8-9-18(15-19)25-22-23(21-17(4)13-16(3)14-20(21)30)27-28-24(22)26(31)29(25)11-6-2/h8-10,13-15,25,30H,5-7,11-12H2,1-4H3,(H,27,28). The summed E-state index contributed by atoms with van der Waals surface area (Å²) < 4.78 is 5.94. The van der Waals surface area contributed by atoms with E-state index in [0.717, 1.165) is 47.3 Å². The minimum atomic E-state index is -0.291. The Kier molecular flexibility index (Phi) is 6.21. The number of H-pyrrole nitrogens is 1. The molecular weight excluding hydrogens is 402 g/mol. The molecule has 4 rings (SSSR count). The van der Waals surface area contributed by atoms with Crippen LogP contribution in [0.15, 0.2) is 36.4 Å². The Bertz CT molecular complexity index is 1110. The number of benzene rings is 2. The van der Waals surface area contributed by atoms with Gasteiger partial charge in [0.05, 0.1) is 12.6 Å². The molecule has 0 saturated heterocycles. The summed E-state index contributed by atoms with van der Waals surface area (Å²) in [4.78, 5) is 15.2. The maximum atomic E-state index is 13.3. The van der Waals surface area contributed by atoms with Crippen LogP contribution in [-0.4, -0.2) is 39.3 Å². The van der Waals surface area contributed by atoms with Crippen molar-refractivity contribution in [3.8, 4) is 22.8 Å². The van der Waals surface area contributed by atoms with Crippen molar-refractivity contribution in [3.63, 3.8) is 0 Å². The van der Waals surface area contributed by atoms with Crippen molar-refractivity contribution >= 4 is 5.91 Å². The second-order valence-corrected chi connectivity index (χ2v) is 8.51. The molecule has 0 bridgehead atoms. The van der Waals surface area contributed by atoms with Crippen LogP contribution in [0, 0.1) is 13.8 Å². The number of phenolic OH excluding ortho intramolecular Hbond substituents is 1. The van der Waals surface area contributed by atoms with Crippen LogP contribution < -0.4 is 4.74 Å². The number of aromatic amines is 1. The number of ether oxygens (including phenoxy) is 1. The summed E-state index contributed by atoms with van der Waals surface area (Å²) in [6.45, 7) is 9.41. The molecule has 6 heteroatoms. The molecule has 2 heterocycles. The zero-order valence-electron chi connectivity index (χ0n) is 19.2. The smallest absolute Gasteiger partial charge is 0.273 e. The number of hydrogen-bond donors (Lipinski definition) is 2. The Hall–Kier alpha value is -3.28. The van der Waals surface area contributed by atoms with Gasteiger partial charge >= 0.3 is 0 Å². The van der Waals surface area contributed by atoms with E-state index >= 15 is 0 Å². The summed E-state index contributed by atoms with van der Waals surface area (Å²) in [5.41, 5.74) is 5.49. The molecule has 0 saturated carbocycles. The third-order valence-corrected chi connectivity index (χ3v) is 5.96. The first-order valence-electron chi connectivity index (χ1n) is 11.4. The number of carbonyl (C=O) groups excluding carboxylic acids is 1. The highest BCUT2D eigenvalue weighted by molar-refractivity contribution is 6.00. The number of fused-ring (bicyclic) bond motifs is 1. The summed E-state index contributed by atoms with van der Waals surface area (Å²) in [7, 11) is 0. The van der Waals surface area contributed by atoms with Gasteiger partial charge in [0.2, 0.25) is 0 Å². The van der Waals surface area contributed by atoms with E-state index in [-0.39, 0.29) is 17.7 Å². The van der Waals surface area contributed by atoms with E-state index in [1.807, 2.05) is 49.1 Å². The van der Waals surface area contributed by atoms with E-state index in [0.29, 0.717) is 30.1 Å². The third kappa shape index (κ3) is 3.85. The highest BCUT2D eigenvalue weighted by Gasteiger charge is 2.42. The molecule has 1 aliphatic heterocycles. The molecule has 1 aromatic heterocycles. The minimum absolute atomic E-state index is 0.0628. The number of aromatic hydroxyl groups is 1. The first-order valence-corrected chi connectivity index (χ1v) is 11.4. The highest BCUT2D eigenvalue weighted by atomic mass is 16.5. The van der Waals surface area contributed by atoms with Crippen LogP contribution in [0.4, 0.5) is 0 Å². The molecule has 1 aliphatic rings. The Labute approximate surface area is 189 Å². The van der Waals surface area contributed by atoms with Gasteiger partial charge < -0.3 is 14.7 Å². The minimum Gasteiger partial charge on any atom is -0.507 e. The first-order chi connectivity index (χ1) is 15.5. The van der Waals surface area contributed by atoms with Gasteiger partial charge in [0, 0.05) is 17.7 Å². The van der Waals surface area contributed by atoms with Crippen LogP contribution >= 0.6 is 0 Å². The van der Waals surface area contributed by atoms with Crippen LogP contribution in [0.2, 0.25) is 0 Å². The van der Waals surface area contributed by atoms with E-state index in [1.54, 1.807) is 6.07 Å². The van der Waals surface area contributed by atoms with E-state index in [4.69, 9.17) is 4.74 Å². The zero-order chi connectivity index (χ0) is 22.8. The fourth-order valence-electron chi connectivity index (χ4n) is 4.57. The molecule has 2 aromatic carbocycles. The largest absolute Gasteiger partial charge is 0.507 e. The number of rotatable bonds is 8. The second-order valence-electron chi connectivity index (χ2n) is 8.51. The number of unbranched alkanes of at least 4 members (excludes halogenated alkanes) is 1. The third-order valence-electron chi connectivity index (χ3n) is 5.96. The van der Waals surface area contributed by atoms with Crippen LogP contribution in [0.1, 0.15) is 71.9 Å². The summed E-state index contributed by atoms with van der Waals surface area (Å²) >= 11 is 0. The molecule has 6 nitrogen and oxygen atoms in total. The summed E-state index contributed by atoms with van der Waals surface area (Å²) in [5.74, 6) is 0.911. The molecule has 0 fully saturated rings. The average molecular weight is 434 g/mol. The fourth-order valence-corrected chi connectivity index (χ4v) is 4.57. The number of aromatic nitrogens is 2. The molecule has 3 aromatic rings. The van der Waals surface area contributed by atoms with Crippen molar-refractivity contribution in [2.24, 2.45) is 0 Å². The number of aryl methyl sites for hydroxylation is 2. The number of amides is 1. The van der Waals surface area contributed by atoms with Gasteiger partial charge in [-0.25, -0.2) is 0 Å². The molecule has 168 valence electrons. The lowest BCUT2D eigenvalue weighted by atomic mass is 9.93. The predicted molar refractivity (Wildman–Crippen MR) is 125 cm³/mol. The fraction of sp³-hybridized carbons (Fsp3) is 0.385. The Balaban J connectivity index is 1.84. The quantitative estimate of drug-likeness (QED) is 0.458. The Morgan fingerprint density at radius 2 is 1.97 bits per heavy atom. The van der Waals surface area contributed by atoms with Gasteiger partial charge in [-0.05, 0) is 61.6 Å². The van der Waals surface area contributed by atoms with Gasteiger partial charge in [-0.1, -0.05) is 38.5 Å². The SMILES string of the molecule is CCCCOc1cccc(C2c3c(-c4c(C)cc(C)cc4O)n[nH]c3C(=O)N2CCC)c1. The summed E-state index contributed by atoms with van der Waals surface area (Å²) in [5, 5.41) is 18.2. The zero-order valence-corrected chi connectivity index (χ0v) is 19.2. The number of carbonyl (C=O) groups is 1. The van der Waals surface area contributed by atoms with Gasteiger partial charge in [-0.3, -0.25) is 9.89 Å². The van der Waals surface area contributed by atoms with Gasteiger partial charge in [-0.15, -0.1) is 0 Å². The summed E-state index contributed by atoms with van der Waals surface area (Å²) in [6.07, 6.45) is 2.91. The van der Waals surface area contributed by atoms with Crippen LogP contribution in [-0.2, 0) is 0 Å². The molecule has 1 atom stereocenters. The second kappa shape index (κ2) is 9.07. The summed E-state index contributed by atoms with van der Waals surface area (Å²) in [6, 6.07) is 11.4. The van der Waals surface area contributed by atoms with Crippen molar-refractivity contribution < 1.29 is 14.6 Å². The van der Waals surface area contributed by atoms with Gasteiger partial charge in [-0.2, -0.15) is 5.10 Å². The van der Waals surface area contributed by atoms with Crippen molar-refractivity contribution in [1.29, 1.82) is 0 Å². The van der Waals surface area contributed by atoms with Gasteiger partial charge in [0.25, 0.3) is 5.91 Å². The van der Waals surface area contributed by atoms with E-state index < -0.39 is 0 Å². The lowest BCUT2D eigenvalue weighted by Gasteiger charge is -2.26. The molecule has 0 aliphatic carbocycles. The molecule has 1 unspecified atom stereocenters. The number of nitrogens with zero attached hydrogens (tertiary/aromatic N) is 2. The van der Waals surface area contributed by atoms with Crippen LogP contribution in [0.5, 0.6) is 11.5 Å². The topological polar surface area (TPSA) is 78.5 Å². The van der Waals surface area contributed by atoms with Gasteiger partial charge in [0.15, 0.2) is 0 Å². The molecule has 2 N–H and O–H groups in total. The van der Waals surface area contributed by atoms with Crippen molar-refractivity contribution in [3.05, 3.63) is 64.3 Å². The normalized spacial score (nSPS) is 15.3. The lowest BCUT2D eigenvalue weighted by Crippen LogP contribution is -2.30. The van der Waals surface area contributed by atoms with E-state index in [1.165, 1.54) is 0 Å². The first kappa shape index (κ1) is 21.9. The Morgan fingerprint density at radius 3 is 2.69 bits per heavy atom. The van der Waals surface area contributed by atoms with E-state index in [9.17, 15) is 9.90 Å². The van der Waals surface area contributed by atoms with Crippen molar-refractivity contribution in [2.45, 2.75) is 53.0 Å². The number of hydrogen-bond acceptors (Lipinski definition) is 4. The average Bonchev–Trinajstić information content (AvgIpc) is 3.28. The maximum absolute atomic E-state index is 13.3. The van der Waals surface area contributed by atoms with Crippen LogP contribution in [0.25, 0.3) is 11.3 Å². The molecule has 32 heavy (non-hydrogen) atoms. The van der Waals surface area contributed by atoms with Crippen molar-refractivity contribution in [2.75, 3.05) is 13.2 Å². The lowest BCUT2D eigenvalue weighted by molar-refractivity contribution is 0.0743. The van der Waals surface area contributed by atoms with E-state index in [2.05, 4.69) is 24.0 Å². The number of phenols is 1. The molecular formula is C26H31N3O3. The molecule has 0 radical (unpaired) electrons. The van der Waals surface area contributed by atoms with Crippen molar-refractivity contribution in [1.82, 2.24) is 15.1 Å². The predicted octanol–water partition coefficient (Wildman–Crippen LogP) is 5.53. The van der Waals surface area contributed by atoms with Crippen LogP contribution in [0.3, 0.4) is 0 Å². The highest BCUT2D eigenvalue weighted by Crippen LogP contribution is 2.46.